The van der Waals surface area contributed by atoms with Gasteiger partial charge < -0.3 is 15.3 Å². The summed E-state index contributed by atoms with van der Waals surface area (Å²) < 4.78 is 3.44. The van der Waals surface area contributed by atoms with E-state index in [-0.39, 0.29) is 5.78 Å². The van der Waals surface area contributed by atoms with E-state index in [4.69, 9.17) is 0 Å². The Balaban J connectivity index is 1.64. The van der Waals surface area contributed by atoms with Gasteiger partial charge in [-0.3, -0.25) is 9.52 Å². The first-order chi connectivity index (χ1) is 14.2. The lowest BCUT2D eigenvalue weighted by molar-refractivity contribution is 0.0904. The molecule has 5 rings (SSSR count). The molecule has 29 heavy (non-hydrogen) atoms. The molecule has 0 aliphatic carbocycles. The van der Waals surface area contributed by atoms with Gasteiger partial charge in [0.25, 0.3) is 0 Å². The molecule has 3 N–H and O–H groups in total. The zero-order chi connectivity index (χ0) is 19.8. The number of aliphatic hydroxyl groups excluding tert-OH is 1. The third-order valence-corrected chi connectivity index (χ3v) is 6.31. The zero-order valence-corrected chi connectivity index (χ0v) is 16.6. The summed E-state index contributed by atoms with van der Waals surface area (Å²) in [5, 5.41) is 12.8. The van der Waals surface area contributed by atoms with Crippen LogP contribution in [0, 0.1) is 0 Å². The predicted octanol–water partition coefficient (Wildman–Crippen LogP) is 4.20. The number of para-hydroxylation sites is 1. The Kier molecular flexibility index (Phi) is 4.75. The monoisotopic (exact) mass is 403 g/mol. The van der Waals surface area contributed by atoms with Gasteiger partial charge in [-0.2, -0.15) is 0 Å². The highest BCUT2D eigenvalue weighted by Crippen LogP contribution is 2.44. The van der Waals surface area contributed by atoms with Crippen molar-refractivity contribution >= 4 is 34.8 Å². The maximum absolute atomic E-state index is 12.0. The Morgan fingerprint density at radius 1 is 1.07 bits per heavy atom. The van der Waals surface area contributed by atoms with Gasteiger partial charge >= 0.3 is 0 Å². The van der Waals surface area contributed by atoms with E-state index in [9.17, 15) is 9.90 Å². The molecule has 6 heteroatoms. The summed E-state index contributed by atoms with van der Waals surface area (Å²) in [6.07, 6.45) is 0. The van der Waals surface area contributed by atoms with Gasteiger partial charge in [0.1, 0.15) is 6.61 Å². The second kappa shape index (κ2) is 7.55. The fraction of sp³-hybridized carbons (Fsp3) is 0.174. The molecule has 0 saturated heterocycles. The maximum Gasteiger partial charge on any atom is 0.188 e. The van der Waals surface area contributed by atoms with Crippen LogP contribution in [0.5, 0.6) is 0 Å². The number of anilines is 3. The fourth-order valence-electron chi connectivity index (χ4n) is 3.95. The van der Waals surface area contributed by atoms with Gasteiger partial charge in [-0.15, -0.1) is 0 Å². The molecular weight excluding hydrogens is 382 g/mol. The summed E-state index contributed by atoms with van der Waals surface area (Å²) in [5.74, 6) is -0.256. The molecule has 0 unspecified atom stereocenters. The quantitative estimate of drug-likeness (QED) is 0.450. The molecule has 0 spiro atoms. The molecule has 0 fully saturated rings. The number of carbonyl (C=O) groups excluding carboxylic acids is 1. The highest BCUT2D eigenvalue weighted by molar-refractivity contribution is 7.97. The molecule has 0 aromatic heterocycles. The average Bonchev–Trinajstić information content (AvgIpc) is 2.99. The Labute approximate surface area is 173 Å². The lowest BCUT2D eigenvalue weighted by atomic mass is 9.91. The van der Waals surface area contributed by atoms with Gasteiger partial charge in [-0.25, -0.2) is 0 Å². The Morgan fingerprint density at radius 2 is 1.93 bits per heavy atom. The van der Waals surface area contributed by atoms with Crippen molar-refractivity contribution < 1.29 is 9.90 Å². The van der Waals surface area contributed by atoms with Crippen LogP contribution in [0.3, 0.4) is 0 Å². The first kappa shape index (κ1) is 18.2. The van der Waals surface area contributed by atoms with Gasteiger partial charge in [0.05, 0.1) is 5.69 Å². The van der Waals surface area contributed by atoms with Crippen LogP contribution in [-0.4, -0.2) is 30.6 Å². The molecule has 0 amide bonds. The number of rotatable bonds is 3. The van der Waals surface area contributed by atoms with Crippen molar-refractivity contribution in [3.05, 3.63) is 71.8 Å². The highest BCUT2D eigenvalue weighted by Gasteiger charge is 2.24. The SMILES string of the molecule is O=C(CO)c1ccc2c(c1)-c1cc3c(cc1NC2)N(c1ccccc1)CCNS3. The number of hydrogen-bond donors (Lipinski definition) is 3. The van der Waals surface area contributed by atoms with E-state index in [0.29, 0.717) is 12.1 Å². The number of nitrogens with one attached hydrogen (secondary N) is 2. The smallest absolute Gasteiger partial charge is 0.188 e. The molecule has 2 aliphatic rings. The van der Waals surface area contributed by atoms with E-state index in [2.05, 4.69) is 51.3 Å². The number of benzene rings is 3. The second-order valence-corrected chi connectivity index (χ2v) is 8.09. The van der Waals surface area contributed by atoms with E-state index < -0.39 is 6.61 Å². The lowest BCUT2D eigenvalue weighted by Gasteiger charge is -2.28. The molecule has 3 aromatic rings. The van der Waals surface area contributed by atoms with Crippen LogP contribution in [0.2, 0.25) is 0 Å². The normalized spacial score (nSPS) is 14.9. The summed E-state index contributed by atoms with van der Waals surface area (Å²) in [4.78, 5) is 15.5. The van der Waals surface area contributed by atoms with Crippen LogP contribution in [0.25, 0.3) is 11.1 Å². The summed E-state index contributed by atoms with van der Waals surface area (Å²) in [7, 11) is 0. The van der Waals surface area contributed by atoms with Gasteiger partial charge in [0, 0.05) is 47.0 Å². The molecule has 0 atom stereocenters. The molecule has 3 aromatic carbocycles. The number of nitrogens with zero attached hydrogens (tertiary/aromatic N) is 1. The van der Waals surface area contributed by atoms with Crippen LogP contribution in [0.4, 0.5) is 17.1 Å². The van der Waals surface area contributed by atoms with E-state index >= 15 is 0 Å². The number of fused-ring (bicyclic) bond motifs is 4. The largest absolute Gasteiger partial charge is 0.388 e. The van der Waals surface area contributed by atoms with Crippen molar-refractivity contribution in [1.82, 2.24) is 4.72 Å². The van der Waals surface area contributed by atoms with Crippen LogP contribution < -0.4 is 14.9 Å². The Morgan fingerprint density at radius 3 is 2.76 bits per heavy atom. The van der Waals surface area contributed by atoms with Gasteiger partial charge in [0.15, 0.2) is 5.78 Å². The van der Waals surface area contributed by atoms with E-state index in [0.717, 1.165) is 40.4 Å². The van der Waals surface area contributed by atoms with Crippen LogP contribution in [-0.2, 0) is 6.54 Å². The van der Waals surface area contributed by atoms with Crippen molar-refractivity contribution in [2.75, 3.05) is 29.9 Å². The standard InChI is InChI=1S/C23H21N3O2S/c27-14-22(28)15-6-7-16-13-24-20-12-21-23(11-19(20)18(16)10-15)29-25-8-9-26(21)17-4-2-1-3-5-17/h1-7,10-12,24-25,27H,8-9,13-14H2. The van der Waals surface area contributed by atoms with Crippen LogP contribution in [0.1, 0.15) is 15.9 Å². The molecule has 5 nitrogen and oxygen atoms in total. The number of hydrogen-bond acceptors (Lipinski definition) is 6. The van der Waals surface area contributed by atoms with Crippen LogP contribution >= 0.6 is 11.9 Å². The average molecular weight is 404 g/mol. The number of ketones is 1. The molecule has 0 bridgehead atoms. The third-order valence-electron chi connectivity index (χ3n) is 5.41. The molecule has 146 valence electrons. The summed E-state index contributed by atoms with van der Waals surface area (Å²) in [5.41, 5.74) is 7.24. The summed E-state index contributed by atoms with van der Waals surface area (Å²) >= 11 is 1.64. The second-order valence-electron chi connectivity index (χ2n) is 7.16. The van der Waals surface area contributed by atoms with Crippen molar-refractivity contribution in [2.45, 2.75) is 11.4 Å². The minimum Gasteiger partial charge on any atom is -0.388 e. The minimum absolute atomic E-state index is 0.256. The highest BCUT2D eigenvalue weighted by atomic mass is 32.2. The number of aliphatic hydroxyl groups is 1. The maximum atomic E-state index is 12.0. The van der Waals surface area contributed by atoms with Crippen molar-refractivity contribution in [3.8, 4) is 11.1 Å². The van der Waals surface area contributed by atoms with E-state index in [1.807, 2.05) is 18.2 Å². The molecule has 0 saturated carbocycles. The Hall–Kier alpha value is -2.80. The fourth-order valence-corrected chi connectivity index (χ4v) is 4.75. The summed E-state index contributed by atoms with van der Waals surface area (Å²) in [6.45, 7) is 2.00. The summed E-state index contributed by atoms with van der Waals surface area (Å²) in [6, 6.07) is 20.5. The minimum atomic E-state index is -0.472. The zero-order valence-electron chi connectivity index (χ0n) is 15.8. The lowest BCUT2D eigenvalue weighted by Crippen LogP contribution is -2.23. The van der Waals surface area contributed by atoms with Crippen molar-refractivity contribution in [1.29, 1.82) is 0 Å². The van der Waals surface area contributed by atoms with Gasteiger partial charge in [0.2, 0.25) is 0 Å². The number of carbonyl (C=O) groups is 1. The Bertz CT molecular complexity index is 1080. The predicted molar refractivity (Wildman–Crippen MR) is 118 cm³/mol. The van der Waals surface area contributed by atoms with Crippen molar-refractivity contribution in [3.63, 3.8) is 0 Å². The number of Topliss-reactive ketones (excluding diaryl/α,β-unsaturated/α-hetero) is 1. The van der Waals surface area contributed by atoms with Crippen LogP contribution in [0.15, 0.2) is 65.6 Å². The van der Waals surface area contributed by atoms with Gasteiger partial charge in [-0.1, -0.05) is 30.3 Å². The molecule has 2 aliphatic heterocycles. The van der Waals surface area contributed by atoms with Crippen molar-refractivity contribution in [2.24, 2.45) is 0 Å². The third kappa shape index (κ3) is 3.29. The molecular formula is C23H21N3O2S. The molecule has 2 heterocycles. The van der Waals surface area contributed by atoms with E-state index in [1.54, 1.807) is 18.0 Å². The van der Waals surface area contributed by atoms with E-state index in [1.165, 1.54) is 11.4 Å². The molecule has 0 radical (unpaired) electrons. The first-order valence-corrected chi connectivity index (χ1v) is 10.5. The van der Waals surface area contributed by atoms with Gasteiger partial charge in [-0.05, 0) is 53.4 Å². The topological polar surface area (TPSA) is 64.6 Å². The first-order valence-electron chi connectivity index (χ1n) is 9.66.